The van der Waals surface area contributed by atoms with Gasteiger partial charge in [0.15, 0.2) is 5.79 Å². The second-order valence-electron chi connectivity index (χ2n) is 11.1. The van der Waals surface area contributed by atoms with Crippen LogP contribution in [0.1, 0.15) is 86.0 Å². The first-order valence-electron chi connectivity index (χ1n) is 12.2. The molecule has 0 aromatic heterocycles. The number of rotatable bonds is 5. The van der Waals surface area contributed by atoms with Gasteiger partial charge in [-0.05, 0) is 79.1 Å². The van der Waals surface area contributed by atoms with E-state index in [0.717, 1.165) is 17.1 Å². The van der Waals surface area contributed by atoms with E-state index in [1.54, 1.807) is 5.57 Å². The summed E-state index contributed by atoms with van der Waals surface area (Å²) in [5.41, 5.74) is 4.03. The maximum atomic E-state index is 10.1. The summed E-state index contributed by atoms with van der Waals surface area (Å²) in [7, 11) is 0. The summed E-state index contributed by atoms with van der Waals surface area (Å²) in [6, 6.07) is 0. The molecule has 0 spiro atoms. The highest BCUT2D eigenvalue weighted by molar-refractivity contribution is 5.37. The molecule has 3 fully saturated rings. The average Bonchev–Trinajstić information content (AvgIpc) is 3.04. The smallest absolute Gasteiger partial charge is 0.166 e. The third kappa shape index (κ3) is 5.02. The SMILES string of the molecule is C=C1CCC(O)(O)C/C1=C/C=C1\CCC[C@]2(C)C1CC[C@H]2[C@@H](C)/C=C/[C@@H](C)C(C)C. The van der Waals surface area contributed by atoms with Crippen LogP contribution in [0.3, 0.4) is 0 Å². The second-order valence-corrected chi connectivity index (χ2v) is 11.1. The molecule has 0 aromatic carbocycles. The van der Waals surface area contributed by atoms with Gasteiger partial charge in [0.2, 0.25) is 0 Å². The maximum Gasteiger partial charge on any atom is 0.166 e. The van der Waals surface area contributed by atoms with Crippen molar-refractivity contribution in [1.29, 1.82) is 0 Å². The molecule has 0 radical (unpaired) electrons. The van der Waals surface area contributed by atoms with Gasteiger partial charge in [0.1, 0.15) is 0 Å². The molecule has 0 bridgehead atoms. The lowest BCUT2D eigenvalue weighted by Crippen LogP contribution is -2.35. The molecule has 2 heteroatoms. The number of fused-ring (bicyclic) bond motifs is 1. The van der Waals surface area contributed by atoms with Crippen molar-refractivity contribution >= 4 is 0 Å². The topological polar surface area (TPSA) is 40.5 Å². The van der Waals surface area contributed by atoms with Crippen molar-refractivity contribution in [3.05, 3.63) is 47.6 Å². The lowest BCUT2D eigenvalue weighted by Gasteiger charge is -2.44. The normalized spacial score (nSPS) is 36.6. The Morgan fingerprint density at radius 2 is 1.73 bits per heavy atom. The quantitative estimate of drug-likeness (QED) is 0.378. The Kier molecular flexibility index (Phi) is 7.19. The van der Waals surface area contributed by atoms with Gasteiger partial charge in [-0.2, -0.15) is 0 Å². The van der Waals surface area contributed by atoms with E-state index in [1.165, 1.54) is 32.1 Å². The van der Waals surface area contributed by atoms with E-state index in [2.05, 4.69) is 65.5 Å². The third-order valence-corrected chi connectivity index (χ3v) is 8.70. The molecule has 3 aliphatic carbocycles. The Labute approximate surface area is 184 Å². The van der Waals surface area contributed by atoms with E-state index in [9.17, 15) is 10.2 Å². The number of allylic oxidation sites excluding steroid dienone is 6. The van der Waals surface area contributed by atoms with Crippen LogP contribution in [0, 0.1) is 35.0 Å². The van der Waals surface area contributed by atoms with Crippen LogP contribution in [0.2, 0.25) is 0 Å². The Hall–Kier alpha value is -1.12. The van der Waals surface area contributed by atoms with Crippen molar-refractivity contribution < 1.29 is 10.2 Å². The van der Waals surface area contributed by atoms with Gasteiger partial charge in [0.25, 0.3) is 0 Å². The van der Waals surface area contributed by atoms with Crippen molar-refractivity contribution in [2.24, 2.45) is 35.0 Å². The standard InChI is InChI=1S/C28H44O2/c1-19(2)20(3)9-10-22(5)25-13-14-26-23(8-7-16-27(25,26)6)11-12-24-18-28(29,30)17-15-21(24)4/h9-12,19-20,22,25-26,29-30H,4,7-8,13-18H2,1-3,5-6H3/b10-9+,23-11+,24-12-/t20-,22+,25+,26?,27+/m1/s1. The molecule has 0 amide bonds. The minimum absolute atomic E-state index is 0.302. The predicted octanol–water partition coefficient (Wildman–Crippen LogP) is 6.96. The third-order valence-electron chi connectivity index (χ3n) is 8.70. The van der Waals surface area contributed by atoms with E-state index in [-0.39, 0.29) is 0 Å². The van der Waals surface area contributed by atoms with Crippen LogP contribution < -0.4 is 0 Å². The van der Waals surface area contributed by atoms with Crippen LogP contribution in [0.4, 0.5) is 0 Å². The van der Waals surface area contributed by atoms with Crippen LogP contribution in [0.25, 0.3) is 0 Å². The zero-order chi connectivity index (χ0) is 22.1. The van der Waals surface area contributed by atoms with Crippen molar-refractivity contribution in [3.8, 4) is 0 Å². The maximum absolute atomic E-state index is 10.1. The first-order valence-corrected chi connectivity index (χ1v) is 12.2. The highest BCUT2D eigenvalue weighted by atomic mass is 16.5. The average molecular weight is 413 g/mol. The molecular weight excluding hydrogens is 368 g/mol. The molecule has 5 atom stereocenters. The van der Waals surface area contributed by atoms with Crippen molar-refractivity contribution in [2.75, 3.05) is 0 Å². The molecular formula is C28H44O2. The summed E-state index contributed by atoms with van der Waals surface area (Å²) in [5.74, 6) is 1.81. The number of aliphatic hydroxyl groups is 2. The van der Waals surface area contributed by atoms with E-state index in [0.29, 0.717) is 48.3 Å². The van der Waals surface area contributed by atoms with E-state index in [4.69, 9.17) is 0 Å². The molecule has 0 saturated heterocycles. The summed E-state index contributed by atoms with van der Waals surface area (Å²) in [6.45, 7) is 16.1. The molecule has 168 valence electrons. The lowest BCUT2D eigenvalue weighted by molar-refractivity contribution is -0.166. The van der Waals surface area contributed by atoms with Gasteiger partial charge in [0.05, 0.1) is 0 Å². The summed E-state index contributed by atoms with van der Waals surface area (Å²) in [5, 5.41) is 20.1. The van der Waals surface area contributed by atoms with Gasteiger partial charge in [-0.25, -0.2) is 0 Å². The lowest BCUT2D eigenvalue weighted by atomic mass is 9.61. The van der Waals surface area contributed by atoms with E-state index < -0.39 is 5.79 Å². The van der Waals surface area contributed by atoms with Crippen LogP contribution in [-0.2, 0) is 0 Å². The summed E-state index contributed by atoms with van der Waals surface area (Å²) in [6.07, 6.45) is 17.2. The first-order chi connectivity index (χ1) is 14.0. The Balaban J connectivity index is 1.76. The Morgan fingerprint density at radius 1 is 1.00 bits per heavy atom. The molecule has 0 aromatic rings. The van der Waals surface area contributed by atoms with Gasteiger partial charge >= 0.3 is 0 Å². The molecule has 2 N–H and O–H groups in total. The zero-order valence-corrected chi connectivity index (χ0v) is 20.0. The molecule has 2 nitrogen and oxygen atoms in total. The van der Waals surface area contributed by atoms with Gasteiger partial charge in [-0.3, -0.25) is 0 Å². The fourth-order valence-electron chi connectivity index (χ4n) is 6.26. The second kappa shape index (κ2) is 9.17. The zero-order valence-electron chi connectivity index (χ0n) is 20.0. The van der Waals surface area contributed by atoms with Crippen LogP contribution in [0.15, 0.2) is 47.6 Å². The molecule has 3 rings (SSSR count). The fraction of sp³-hybridized carbons (Fsp3) is 0.714. The summed E-state index contributed by atoms with van der Waals surface area (Å²) >= 11 is 0. The van der Waals surface area contributed by atoms with Gasteiger partial charge in [0, 0.05) is 12.8 Å². The van der Waals surface area contributed by atoms with Crippen molar-refractivity contribution in [1.82, 2.24) is 0 Å². The number of hydrogen-bond donors (Lipinski definition) is 2. The first kappa shape index (κ1) is 23.5. The highest BCUT2D eigenvalue weighted by Crippen LogP contribution is 2.59. The van der Waals surface area contributed by atoms with Crippen LogP contribution >= 0.6 is 0 Å². The Morgan fingerprint density at radius 3 is 2.43 bits per heavy atom. The van der Waals surface area contributed by atoms with E-state index in [1.807, 2.05) is 0 Å². The minimum atomic E-state index is -1.57. The minimum Gasteiger partial charge on any atom is -0.365 e. The van der Waals surface area contributed by atoms with Crippen LogP contribution in [0.5, 0.6) is 0 Å². The Bertz CT molecular complexity index is 723. The molecule has 3 aliphatic rings. The molecule has 0 aliphatic heterocycles. The van der Waals surface area contributed by atoms with Gasteiger partial charge in [-0.15, -0.1) is 0 Å². The van der Waals surface area contributed by atoms with Crippen molar-refractivity contribution in [2.45, 2.75) is 91.8 Å². The fourth-order valence-corrected chi connectivity index (χ4v) is 6.26. The molecule has 0 heterocycles. The van der Waals surface area contributed by atoms with Gasteiger partial charge < -0.3 is 10.2 Å². The largest absolute Gasteiger partial charge is 0.365 e. The number of hydrogen-bond acceptors (Lipinski definition) is 2. The molecule has 30 heavy (non-hydrogen) atoms. The van der Waals surface area contributed by atoms with Crippen LogP contribution in [-0.4, -0.2) is 16.0 Å². The molecule has 1 unspecified atom stereocenters. The van der Waals surface area contributed by atoms with Crippen molar-refractivity contribution in [3.63, 3.8) is 0 Å². The monoisotopic (exact) mass is 412 g/mol. The summed E-state index contributed by atoms with van der Waals surface area (Å²) in [4.78, 5) is 0. The van der Waals surface area contributed by atoms with Gasteiger partial charge in [-0.1, -0.05) is 76.6 Å². The highest BCUT2D eigenvalue weighted by Gasteiger charge is 2.50. The summed E-state index contributed by atoms with van der Waals surface area (Å²) < 4.78 is 0. The van der Waals surface area contributed by atoms with E-state index >= 15 is 0 Å². The molecule has 3 saturated carbocycles. The predicted molar refractivity (Wildman–Crippen MR) is 127 cm³/mol.